The Morgan fingerprint density at radius 1 is 1.21 bits per heavy atom. The van der Waals surface area contributed by atoms with E-state index in [2.05, 4.69) is 36.3 Å². The summed E-state index contributed by atoms with van der Waals surface area (Å²) >= 11 is 1.59. The Labute approximate surface area is 178 Å². The number of rotatable bonds is 11. The van der Waals surface area contributed by atoms with Crippen LogP contribution < -0.4 is 10.9 Å². The number of aryl methyl sites for hydroxylation is 2. The summed E-state index contributed by atoms with van der Waals surface area (Å²) in [6.07, 6.45) is 5.05. The first kappa shape index (κ1) is 23.2. The molecule has 158 valence electrons. The molecule has 0 aliphatic rings. The van der Waals surface area contributed by atoms with E-state index in [9.17, 15) is 9.59 Å². The third-order valence-corrected chi connectivity index (χ3v) is 6.01. The van der Waals surface area contributed by atoms with Crippen LogP contribution in [-0.2, 0) is 18.3 Å². The quantitative estimate of drug-likeness (QED) is 0.340. The van der Waals surface area contributed by atoms with Crippen molar-refractivity contribution >= 4 is 17.7 Å². The van der Waals surface area contributed by atoms with E-state index in [-0.39, 0.29) is 11.5 Å². The molecule has 0 atom stereocenters. The van der Waals surface area contributed by atoms with Crippen molar-refractivity contribution in [1.82, 2.24) is 14.9 Å². The lowest BCUT2D eigenvalue weighted by Crippen LogP contribution is -2.26. The van der Waals surface area contributed by atoms with Crippen molar-refractivity contribution in [2.24, 2.45) is 7.05 Å². The standard InChI is InChI=1S/C23H33N3O2S/c1-5-6-13-24-21(27)12-7-8-14-29-23-25-18(3)20(22(28)26(23)4)16-19-11-9-10-17(2)15-19/h9-11,15H,5-8,12-14,16H2,1-4H3,(H,24,27). The van der Waals surface area contributed by atoms with Gasteiger partial charge >= 0.3 is 0 Å². The number of benzene rings is 1. The highest BCUT2D eigenvalue weighted by atomic mass is 32.2. The lowest BCUT2D eigenvalue weighted by Gasteiger charge is -2.12. The fourth-order valence-electron chi connectivity index (χ4n) is 3.13. The molecule has 1 N–H and O–H groups in total. The first-order valence-corrected chi connectivity index (χ1v) is 11.4. The smallest absolute Gasteiger partial charge is 0.257 e. The van der Waals surface area contributed by atoms with Gasteiger partial charge in [-0.15, -0.1) is 0 Å². The van der Waals surface area contributed by atoms with Crippen LogP contribution in [0.4, 0.5) is 0 Å². The van der Waals surface area contributed by atoms with Crippen LogP contribution in [0.25, 0.3) is 0 Å². The first-order chi connectivity index (χ1) is 13.9. The number of hydrogen-bond acceptors (Lipinski definition) is 4. The van der Waals surface area contributed by atoms with Crippen LogP contribution >= 0.6 is 11.8 Å². The third kappa shape index (κ3) is 7.35. The van der Waals surface area contributed by atoms with Gasteiger partial charge in [-0.25, -0.2) is 4.98 Å². The largest absolute Gasteiger partial charge is 0.356 e. The molecular formula is C23H33N3O2S. The minimum atomic E-state index is 0.0248. The summed E-state index contributed by atoms with van der Waals surface area (Å²) < 4.78 is 1.65. The predicted molar refractivity (Wildman–Crippen MR) is 121 cm³/mol. The van der Waals surface area contributed by atoms with Crippen LogP contribution in [0, 0.1) is 13.8 Å². The van der Waals surface area contributed by atoms with Gasteiger partial charge in [-0.3, -0.25) is 14.2 Å². The van der Waals surface area contributed by atoms with Gasteiger partial charge in [0.15, 0.2) is 5.16 Å². The maximum atomic E-state index is 12.9. The average molecular weight is 416 g/mol. The van der Waals surface area contributed by atoms with E-state index in [0.29, 0.717) is 12.8 Å². The number of hydrogen-bond donors (Lipinski definition) is 1. The fraction of sp³-hybridized carbons (Fsp3) is 0.522. The topological polar surface area (TPSA) is 64.0 Å². The second kappa shape index (κ2) is 11.8. The number of aromatic nitrogens is 2. The van der Waals surface area contributed by atoms with Crippen LogP contribution in [0.1, 0.15) is 61.4 Å². The zero-order valence-electron chi connectivity index (χ0n) is 18.1. The number of thioether (sulfide) groups is 1. The van der Waals surface area contributed by atoms with E-state index < -0.39 is 0 Å². The molecule has 0 unspecified atom stereocenters. The van der Waals surface area contributed by atoms with Crippen LogP contribution in [0.3, 0.4) is 0 Å². The van der Waals surface area contributed by atoms with Crippen LogP contribution in [0.2, 0.25) is 0 Å². The van der Waals surface area contributed by atoms with Gasteiger partial charge in [0.2, 0.25) is 5.91 Å². The van der Waals surface area contributed by atoms with Gasteiger partial charge in [-0.2, -0.15) is 0 Å². The van der Waals surface area contributed by atoms with Crippen molar-refractivity contribution in [3.8, 4) is 0 Å². The lowest BCUT2D eigenvalue weighted by atomic mass is 10.0. The van der Waals surface area contributed by atoms with E-state index >= 15 is 0 Å². The molecule has 0 fully saturated rings. The summed E-state index contributed by atoms with van der Waals surface area (Å²) in [5.74, 6) is 0.976. The molecule has 2 aromatic rings. The highest BCUT2D eigenvalue weighted by Crippen LogP contribution is 2.18. The van der Waals surface area contributed by atoms with Crippen LogP contribution in [0.5, 0.6) is 0 Å². The second-order valence-electron chi connectivity index (χ2n) is 7.50. The third-order valence-electron chi connectivity index (χ3n) is 4.90. The van der Waals surface area contributed by atoms with E-state index in [1.807, 2.05) is 19.1 Å². The molecule has 29 heavy (non-hydrogen) atoms. The van der Waals surface area contributed by atoms with Crippen LogP contribution in [-0.4, -0.2) is 27.8 Å². The molecule has 1 amide bonds. The molecule has 0 saturated carbocycles. The molecular weight excluding hydrogens is 382 g/mol. The van der Waals surface area contributed by atoms with Gasteiger partial charge in [0.25, 0.3) is 5.56 Å². The SMILES string of the molecule is CCCCNC(=O)CCCCSc1nc(C)c(Cc2cccc(C)c2)c(=O)n1C. The van der Waals surface area contributed by atoms with Gasteiger partial charge < -0.3 is 5.32 Å². The van der Waals surface area contributed by atoms with Gasteiger partial charge in [0, 0.05) is 43.4 Å². The van der Waals surface area contributed by atoms with Crippen LogP contribution in [0.15, 0.2) is 34.2 Å². The Morgan fingerprint density at radius 2 is 2.00 bits per heavy atom. The normalized spacial score (nSPS) is 10.9. The van der Waals surface area contributed by atoms with E-state index in [4.69, 9.17) is 0 Å². The molecule has 0 aliphatic carbocycles. The molecule has 1 aromatic heterocycles. The maximum Gasteiger partial charge on any atom is 0.257 e. The van der Waals surface area contributed by atoms with E-state index in [1.54, 1.807) is 23.4 Å². The number of amides is 1. The number of nitrogens with zero attached hydrogens (tertiary/aromatic N) is 2. The number of unbranched alkanes of at least 4 members (excludes halogenated alkanes) is 2. The summed E-state index contributed by atoms with van der Waals surface area (Å²) in [6.45, 7) is 6.85. The summed E-state index contributed by atoms with van der Waals surface area (Å²) in [5, 5.41) is 3.69. The number of nitrogens with one attached hydrogen (secondary N) is 1. The number of carbonyl (C=O) groups excluding carboxylic acids is 1. The van der Waals surface area contributed by atoms with Crippen molar-refractivity contribution in [2.75, 3.05) is 12.3 Å². The minimum absolute atomic E-state index is 0.0248. The van der Waals surface area contributed by atoms with Gasteiger partial charge in [-0.1, -0.05) is 54.9 Å². The molecule has 0 bridgehead atoms. The highest BCUT2D eigenvalue weighted by molar-refractivity contribution is 7.99. The van der Waals surface area contributed by atoms with Crippen molar-refractivity contribution in [3.05, 3.63) is 57.0 Å². The monoisotopic (exact) mass is 415 g/mol. The molecule has 2 rings (SSSR count). The predicted octanol–water partition coefficient (Wildman–Crippen LogP) is 4.17. The second-order valence-corrected chi connectivity index (χ2v) is 8.56. The molecule has 0 radical (unpaired) electrons. The maximum absolute atomic E-state index is 12.9. The minimum Gasteiger partial charge on any atom is -0.356 e. The zero-order valence-corrected chi connectivity index (χ0v) is 18.9. The highest BCUT2D eigenvalue weighted by Gasteiger charge is 2.13. The molecule has 5 nitrogen and oxygen atoms in total. The molecule has 6 heteroatoms. The Bertz CT molecular complexity index is 877. The van der Waals surface area contributed by atoms with Crippen molar-refractivity contribution in [3.63, 3.8) is 0 Å². The summed E-state index contributed by atoms with van der Waals surface area (Å²) in [5.41, 5.74) is 3.90. The molecule has 0 aliphatic heterocycles. The van der Waals surface area contributed by atoms with E-state index in [1.165, 1.54) is 5.56 Å². The number of carbonyl (C=O) groups is 1. The molecule has 0 saturated heterocycles. The Morgan fingerprint density at radius 3 is 2.72 bits per heavy atom. The summed E-state index contributed by atoms with van der Waals surface area (Å²) in [7, 11) is 1.79. The molecule has 0 spiro atoms. The molecule has 1 aromatic carbocycles. The Kier molecular flexibility index (Phi) is 9.45. The van der Waals surface area contributed by atoms with Crippen molar-refractivity contribution < 1.29 is 4.79 Å². The Hall–Kier alpha value is -2.08. The Balaban J connectivity index is 1.89. The first-order valence-electron chi connectivity index (χ1n) is 10.4. The molecule has 1 heterocycles. The van der Waals surface area contributed by atoms with Gasteiger partial charge in [0.05, 0.1) is 0 Å². The summed E-state index contributed by atoms with van der Waals surface area (Å²) in [6, 6.07) is 8.24. The zero-order chi connectivity index (χ0) is 21.2. The van der Waals surface area contributed by atoms with E-state index in [0.717, 1.165) is 60.0 Å². The van der Waals surface area contributed by atoms with Crippen molar-refractivity contribution in [1.29, 1.82) is 0 Å². The average Bonchev–Trinajstić information content (AvgIpc) is 2.69. The summed E-state index contributed by atoms with van der Waals surface area (Å²) in [4.78, 5) is 29.3. The fourth-order valence-corrected chi connectivity index (χ4v) is 4.14. The van der Waals surface area contributed by atoms with Crippen molar-refractivity contribution in [2.45, 2.75) is 64.5 Å². The van der Waals surface area contributed by atoms with Gasteiger partial charge in [0.1, 0.15) is 0 Å². The van der Waals surface area contributed by atoms with Gasteiger partial charge in [-0.05, 0) is 38.7 Å². The lowest BCUT2D eigenvalue weighted by molar-refractivity contribution is -0.121.